The van der Waals surface area contributed by atoms with Crippen LogP contribution in [0.4, 0.5) is 0 Å². The van der Waals surface area contributed by atoms with Gasteiger partial charge in [-0.1, -0.05) is 0 Å². The van der Waals surface area contributed by atoms with Gasteiger partial charge in [0.25, 0.3) is 0 Å². The maximum atomic E-state index is 4.37. The molecule has 0 saturated carbocycles. The Morgan fingerprint density at radius 3 is 3.07 bits per heavy atom. The van der Waals surface area contributed by atoms with E-state index >= 15 is 0 Å². The first-order valence-corrected chi connectivity index (χ1v) is 5.54. The Hall–Kier alpha value is -0.230. The topological polar surface area (TPSA) is 17.0 Å². The van der Waals surface area contributed by atoms with Crippen molar-refractivity contribution in [2.75, 3.05) is 0 Å². The summed E-state index contributed by atoms with van der Waals surface area (Å²) in [6, 6.07) is 2.01. The molecule has 4 heteroatoms. The molecule has 0 aliphatic heterocycles. The Balaban J connectivity index is 0.000000750. The number of rotatable bonds is 0. The van der Waals surface area contributed by atoms with Crippen molar-refractivity contribution < 1.29 is 28.4 Å². The van der Waals surface area contributed by atoms with Crippen molar-refractivity contribution >= 4 is 16.3 Å². The SMILES string of the molecule is [I-].c1cnc2sc3c([n+]2c1)CCCC3. The first kappa shape index (κ1) is 10.3. The molecule has 0 saturated heterocycles. The Kier molecular flexibility index (Phi) is 3.02. The zero-order chi connectivity index (χ0) is 8.67. The minimum absolute atomic E-state index is 0. The van der Waals surface area contributed by atoms with Gasteiger partial charge in [-0.15, -0.1) is 0 Å². The molecule has 0 spiro atoms. The fraction of sp³-hybridized carbons (Fsp3) is 0.400. The van der Waals surface area contributed by atoms with Gasteiger partial charge < -0.3 is 24.0 Å². The third-order valence-electron chi connectivity index (χ3n) is 2.61. The van der Waals surface area contributed by atoms with Crippen LogP contribution in [0.25, 0.3) is 4.96 Å². The van der Waals surface area contributed by atoms with Gasteiger partial charge in [0.1, 0.15) is 18.1 Å². The summed E-state index contributed by atoms with van der Waals surface area (Å²) in [5.41, 5.74) is 1.50. The summed E-state index contributed by atoms with van der Waals surface area (Å²) in [5, 5.41) is 0. The number of halogens is 1. The van der Waals surface area contributed by atoms with Crippen LogP contribution in [-0.2, 0) is 12.8 Å². The van der Waals surface area contributed by atoms with E-state index in [0.717, 1.165) is 4.96 Å². The summed E-state index contributed by atoms with van der Waals surface area (Å²) in [5.74, 6) is 0. The Bertz CT molecular complexity index is 452. The molecule has 0 bridgehead atoms. The molecule has 2 aromatic rings. The third kappa shape index (κ3) is 1.54. The summed E-state index contributed by atoms with van der Waals surface area (Å²) < 4.78 is 2.25. The molecule has 1 aliphatic carbocycles. The molecule has 0 aromatic carbocycles. The van der Waals surface area contributed by atoms with Crippen molar-refractivity contribution in [2.45, 2.75) is 25.7 Å². The molecule has 0 radical (unpaired) electrons. The van der Waals surface area contributed by atoms with Crippen LogP contribution >= 0.6 is 11.3 Å². The highest BCUT2D eigenvalue weighted by Gasteiger charge is 2.21. The maximum Gasteiger partial charge on any atom is 0.387 e. The Morgan fingerprint density at radius 2 is 2.14 bits per heavy atom. The molecular formula is C10H11IN2S. The van der Waals surface area contributed by atoms with Crippen molar-refractivity contribution in [3.05, 3.63) is 29.0 Å². The number of aryl methyl sites for hydroxylation is 2. The van der Waals surface area contributed by atoms with E-state index in [0.29, 0.717) is 0 Å². The maximum absolute atomic E-state index is 4.37. The molecule has 74 valence electrons. The van der Waals surface area contributed by atoms with Crippen LogP contribution in [0, 0.1) is 0 Å². The molecule has 0 unspecified atom stereocenters. The fourth-order valence-corrected chi connectivity index (χ4v) is 3.14. The summed E-state index contributed by atoms with van der Waals surface area (Å²) in [6.07, 6.45) is 9.16. The number of fused-ring (bicyclic) bond motifs is 3. The second-order valence-corrected chi connectivity index (χ2v) is 4.51. The molecule has 1 aliphatic rings. The van der Waals surface area contributed by atoms with Crippen LogP contribution in [0.3, 0.4) is 0 Å². The van der Waals surface area contributed by atoms with E-state index in [9.17, 15) is 0 Å². The lowest BCUT2D eigenvalue weighted by molar-refractivity contribution is -0.520. The quantitative estimate of drug-likeness (QED) is 0.439. The number of nitrogens with zero attached hydrogens (tertiary/aromatic N) is 2. The highest BCUT2D eigenvalue weighted by molar-refractivity contribution is 7.16. The lowest BCUT2D eigenvalue weighted by Gasteiger charge is -2.06. The van der Waals surface area contributed by atoms with Gasteiger partial charge >= 0.3 is 4.96 Å². The van der Waals surface area contributed by atoms with E-state index in [1.54, 1.807) is 4.88 Å². The minimum atomic E-state index is 0. The van der Waals surface area contributed by atoms with Crippen LogP contribution in [0.2, 0.25) is 0 Å². The van der Waals surface area contributed by atoms with Crippen LogP contribution in [0.15, 0.2) is 18.5 Å². The van der Waals surface area contributed by atoms with Crippen molar-refractivity contribution in [1.82, 2.24) is 4.98 Å². The van der Waals surface area contributed by atoms with Gasteiger partial charge in [-0.2, -0.15) is 4.40 Å². The fourth-order valence-electron chi connectivity index (χ4n) is 1.97. The van der Waals surface area contributed by atoms with Gasteiger partial charge in [-0.3, -0.25) is 0 Å². The highest BCUT2D eigenvalue weighted by Crippen LogP contribution is 2.24. The average Bonchev–Trinajstić information content (AvgIpc) is 2.56. The monoisotopic (exact) mass is 318 g/mol. The zero-order valence-electron chi connectivity index (χ0n) is 7.74. The molecule has 0 atom stereocenters. The van der Waals surface area contributed by atoms with E-state index in [1.165, 1.54) is 31.4 Å². The third-order valence-corrected chi connectivity index (χ3v) is 3.78. The molecule has 2 nitrogen and oxygen atoms in total. The van der Waals surface area contributed by atoms with Gasteiger partial charge in [-0.25, -0.2) is 0 Å². The average molecular weight is 318 g/mol. The molecule has 0 fully saturated rings. The highest BCUT2D eigenvalue weighted by atomic mass is 127. The predicted octanol–water partition coefficient (Wildman–Crippen LogP) is -1.24. The lowest BCUT2D eigenvalue weighted by Crippen LogP contribution is -3.00. The predicted molar refractivity (Wildman–Crippen MR) is 51.9 cm³/mol. The zero-order valence-corrected chi connectivity index (χ0v) is 10.7. The van der Waals surface area contributed by atoms with Crippen LogP contribution < -0.4 is 28.4 Å². The van der Waals surface area contributed by atoms with E-state index in [1.807, 2.05) is 23.6 Å². The number of hydrogen-bond acceptors (Lipinski definition) is 2. The number of hydrogen-bond donors (Lipinski definition) is 0. The molecule has 0 N–H and O–H groups in total. The van der Waals surface area contributed by atoms with Crippen molar-refractivity contribution in [3.8, 4) is 0 Å². The molecule has 2 heterocycles. The van der Waals surface area contributed by atoms with Gasteiger partial charge in [0.05, 0.1) is 4.88 Å². The van der Waals surface area contributed by atoms with E-state index in [4.69, 9.17) is 0 Å². The van der Waals surface area contributed by atoms with Gasteiger partial charge in [0.2, 0.25) is 0 Å². The van der Waals surface area contributed by atoms with Crippen LogP contribution in [-0.4, -0.2) is 4.98 Å². The standard InChI is InChI=1S/C10H11N2S.HI/c1-2-5-9-8(4-1)12-7-3-6-11-10(12)13-9;/h3,6-7H,1-2,4-5H2;1H/q+1;/p-1. The summed E-state index contributed by atoms with van der Waals surface area (Å²) in [7, 11) is 0. The second kappa shape index (κ2) is 4.10. The van der Waals surface area contributed by atoms with Crippen molar-refractivity contribution in [1.29, 1.82) is 0 Å². The Morgan fingerprint density at radius 1 is 1.29 bits per heavy atom. The summed E-state index contributed by atoms with van der Waals surface area (Å²) >= 11 is 1.85. The van der Waals surface area contributed by atoms with Crippen LogP contribution in [0.1, 0.15) is 23.4 Å². The molecule has 3 rings (SSSR count). The molecule has 0 amide bonds. The summed E-state index contributed by atoms with van der Waals surface area (Å²) in [4.78, 5) is 7.06. The minimum Gasteiger partial charge on any atom is -1.00 e. The number of aromatic nitrogens is 2. The molecular weight excluding hydrogens is 307 g/mol. The van der Waals surface area contributed by atoms with Crippen molar-refractivity contribution in [2.24, 2.45) is 0 Å². The first-order chi connectivity index (χ1) is 6.45. The normalized spacial score (nSPS) is 14.9. The first-order valence-electron chi connectivity index (χ1n) is 4.72. The largest absolute Gasteiger partial charge is 1.00 e. The van der Waals surface area contributed by atoms with E-state index in [2.05, 4.69) is 15.6 Å². The van der Waals surface area contributed by atoms with E-state index < -0.39 is 0 Å². The lowest BCUT2D eigenvalue weighted by atomic mass is 10.0. The smallest absolute Gasteiger partial charge is 0.387 e. The van der Waals surface area contributed by atoms with Gasteiger partial charge in [0, 0.05) is 12.5 Å². The summed E-state index contributed by atoms with van der Waals surface area (Å²) in [6.45, 7) is 0. The van der Waals surface area contributed by atoms with E-state index in [-0.39, 0.29) is 24.0 Å². The Labute approximate surface area is 104 Å². The molecule has 14 heavy (non-hydrogen) atoms. The number of thiazole rings is 1. The van der Waals surface area contributed by atoms with Crippen molar-refractivity contribution in [3.63, 3.8) is 0 Å². The molecule has 2 aromatic heterocycles. The second-order valence-electron chi connectivity index (χ2n) is 3.45. The van der Waals surface area contributed by atoms with Gasteiger partial charge in [-0.05, 0) is 35.6 Å². The van der Waals surface area contributed by atoms with Crippen LogP contribution in [0.5, 0.6) is 0 Å². The van der Waals surface area contributed by atoms with Gasteiger partial charge in [0.15, 0.2) is 0 Å².